The van der Waals surface area contributed by atoms with E-state index in [1.54, 1.807) is 0 Å². The molecule has 0 bridgehead atoms. The standard InChI is InChI=1S/C13H21BrN2/c1-4-16(3)9-8-13(15-2)11-6-5-7-12(14)10-11/h5-7,10,13,15H,4,8-9H2,1-3H3. The second-order valence-corrected chi connectivity index (χ2v) is 5.00. The second-order valence-electron chi connectivity index (χ2n) is 4.08. The highest BCUT2D eigenvalue weighted by Gasteiger charge is 2.09. The fourth-order valence-electron chi connectivity index (χ4n) is 1.71. The molecule has 3 heteroatoms. The van der Waals surface area contributed by atoms with Crippen LogP contribution in [-0.2, 0) is 0 Å². The zero-order chi connectivity index (χ0) is 12.0. The molecular weight excluding hydrogens is 264 g/mol. The molecule has 0 aliphatic rings. The van der Waals surface area contributed by atoms with E-state index in [1.807, 2.05) is 7.05 Å². The fourth-order valence-corrected chi connectivity index (χ4v) is 2.13. The smallest absolute Gasteiger partial charge is 0.0330 e. The molecule has 1 rings (SSSR count). The van der Waals surface area contributed by atoms with Gasteiger partial charge in [-0.2, -0.15) is 0 Å². The van der Waals surface area contributed by atoms with Gasteiger partial charge in [-0.3, -0.25) is 0 Å². The molecule has 0 saturated heterocycles. The van der Waals surface area contributed by atoms with Crippen LogP contribution in [0.5, 0.6) is 0 Å². The molecule has 0 radical (unpaired) electrons. The number of nitrogens with one attached hydrogen (secondary N) is 1. The van der Waals surface area contributed by atoms with E-state index in [0.29, 0.717) is 6.04 Å². The third-order valence-corrected chi connectivity index (χ3v) is 3.43. The van der Waals surface area contributed by atoms with Crippen LogP contribution in [0.3, 0.4) is 0 Å². The van der Waals surface area contributed by atoms with Crippen LogP contribution in [0, 0.1) is 0 Å². The van der Waals surface area contributed by atoms with Crippen molar-refractivity contribution in [2.24, 2.45) is 0 Å². The van der Waals surface area contributed by atoms with Crippen molar-refractivity contribution in [1.29, 1.82) is 0 Å². The normalized spacial score (nSPS) is 13.1. The lowest BCUT2D eigenvalue weighted by Gasteiger charge is -2.20. The molecule has 0 fully saturated rings. The van der Waals surface area contributed by atoms with Gasteiger partial charge in [-0.1, -0.05) is 35.0 Å². The Balaban J connectivity index is 2.60. The van der Waals surface area contributed by atoms with Gasteiger partial charge in [-0.25, -0.2) is 0 Å². The molecule has 0 spiro atoms. The Hall–Kier alpha value is -0.380. The Labute approximate surface area is 107 Å². The average molecular weight is 285 g/mol. The van der Waals surface area contributed by atoms with Crippen LogP contribution < -0.4 is 5.32 Å². The minimum atomic E-state index is 0.437. The molecule has 0 saturated carbocycles. The lowest BCUT2D eigenvalue weighted by molar-refractivity contribution is 0.326. The maximum Gasteiger partial charge on any atom is 0.0330 e. The molecule has 1 unspecified atom stereocenters. The first kappa shape index (κ1) is 13.7. The van der Waals surface area contributed by atoms with E-state index >= 15 is 0 Å². The first-order chi connectivity index (χ1) is 7.67. The third-order valence-electron chi connectivity index (χ3n) is 2.94. The summed E-state index contributed by atoms with van der Waals surface area (Å²) in [5.74, 6) is 0. The number of halogens is 1. The fraction of sp³-hybridized carbons (Fsp3) is 0.538. The van der Waals surface area contributed by atoms with Gasteiger partial charge in [0, 0.05) is 10.5 Å². The summed E-state index contributed by atoms with van der Waals surface area (Å²) >= 11 is 3.52. The highest BCUT2D eigenvalue weighted by Crippen LogP contribution is 2.20. The first-order valence-electron chi connectivity index (χ1n) is 5.78. The summed E-state index contributed by atoms with van der Waals surface area (Å²) in [5, 5.41) is 3.38. The van der Waals surface area contributed by atoms with E-state index in [-0.39, 0.29) is 0 Å². The van der Waals surface area contributed by atoms with Crippen molar-refractivity contribution in [3.8, 4) is 0 Å². The second kappa shape index (κ2) is 7.05. The largest absolute Gasteiger partial charge is 0.313 e. The molecule has 0 aliphatic heterocycles. The maximum atomic E-state index is 3.52. The van der Waals surface area contributed by atoms with Crippen LogP contribution in [0.4, 0.5) is 0 Å². The zero-order valence-corrected chi connectivity index (χ0v) is 11.9. The molecule has 1 aromatic carbocycles. The number of benzene rings is 1. The van der Waals surface area contributed by atoms with Gasteiger partial charge in [0.1, 0.15) is 0 Å². The van der Waals surface area contributed by atoms with Crippen molar-refractivity contribution in [3.63, 3.8) is 0 Å². The van der Waals surface area contributed by atoms with Gasteiger partial charge in [0.25, 0.3) is 0 Å². The third kappa shape index (κ3) is 4.24. The molecule has 0 amide bonds. The molecule has 2 nitrogen and oxygen atoms in total. The van der Waals surface area contributed by atoms with Crippen LogP contribution in [0.25, 0.3) is 0 Å². The van der Waals surface area contributed by atoms with Crippen LogP contribution >= 0.6 is 15.9 Å². The van der Waals surface area contributed by atoms with Gasteiger partial charge in [0.2, 0.25) is 0 Å². The molecule has 0 heterocycles. The highest BCUT2D eigenvalue weighted by atomic mass is 79.9. The van der Waals surface area contributed by atoms with Gasteiger partial charge >= 0.3 is 0 Å². The lowest BCUT2D eigenvalue weighted by Crippen LogP contribution is -2.25. The number of hydrogen-bond acceptors (Lipinski definition) is 2. The molecule has 0 aliphatic carbocycles. The summed E-state index contributed by atoms with van der Waals surface area (Å²) in [4.78, 5) is 2.34. The van der Waals surface area contributed by atoms with Gasteiger partial charge < -0.3 is 10.2 Å². The monoisotopic (exact) mass is 284 g/mol. The number of rotatable bonds is 6. The van der Waals surface area contributed by atoms with Gasteiger partial charge in [0.05, 0.1) is 0 Å². The lowest BCUT2D eigenvalue weighted by atomic mass is 10.0. The van der Waals surface area contributed by atoms with Crippen molar-refractivity contribution < 1.29 is 0 Å². The number of hydrogen-bond donors (Lipinski definition) is 1. The molecule has 16 heavy (non-hydrogen) atoms. The molecule has 1 atom stereocenters. The zero-order valence-electron chi connectivity index (χ0n) is 10.3. The van der Waals surface area contributed by atoms with Gasteiger partial charge in [0.15, 0.2) is 0 Å². The van der Waals surface area contributed by atoms with Crippen LogP contribution in [-0.4, -0.2) is 32.1 Å². The molecule has 90 valence electrons. The van der Waals surface area contributed by atoms with Crippen molar-refractivity contribution in [1.82, 2.24) is 10.2 Å². The van der Waals surface area contributed by atoms with Crippen LogP contribution in [0.15, 0.2) is 28.7 Å². The van der Waals surface area contributed by atoms with E-state index in [4.69, 9.17) is 0 Å². The topological polar surface area (TPSA) is 15.3 Å². The minimum Gasteiger partial charge on any atom is -0.313 e. The summed E-state index contributed by atoms with van der Waals surface area (Å²) in [6.07, 6.45) is 1.14. The van der Waals surface area contributed by atoms with E-state index in [1.165, 1.54) is 5.56 Å². The van der Waals surface area contributed by atoms with Crippen molar-refractivity contribution in [2.45, 2.75) is 19.4 Å². The van der Waals surface area contributed by atoms with Gasteiger partial charge in [-0.05, 0) is 51.3 Å². The summed E-state index contributed by atoms with van der Waals surface area (Å²) in [5.41, 5.74) is 1.35. The Bertz CT molecular complexity index is 315. The van der Waals surface area contributed by atoms with Gasteiger partial charge in [-0.15, -0.1) is 0 Å². The summed E-state index contributed by atoms with van der Waals surface area (Å²) in [7, 11) is 4.19. The van der Waals surface area contributed by atoms with Crippen molar-refractivity contribution >= 4 is 15.9 Å². The van der Waals surface area contributed by atoms with Crippen molar-refractivity contribution in [3.05, 3.63) is 34.3 Å². The SMILES string of the molecule is CCN(C)CCC(NC)c1cccc(Br)c1. The van der Waals surface area contributed by atoms with E-state index in [0.717, 1.165) is 24.0 Å². The summed E-state index contributed by atoms with van der Waals surface area (Å²) in [6, 6.07) is 8.96. The van der Waals surface area contributed by atoms with E-state index in [2.05, 4.69) is 64.4 Å². The quantitative estimate of drug-likeness (QED) is 0.864. The summed E-state index contributed by atoms with van der Waals surface area (Å²) in [6.45, 7) is 4.41. The van der Waals surface area contributed by atoms with E-state index in [9.17, 15) is 0 Å². The maximum absolute atomic E-state index is 3.52. The molecular formula is C13H21BrN2. The highest BCUT2D eigenvalue weighted by molar-refractivity contribution is 9.10. The van der Waals surface area contributed by atoms with E-state index < -0.39 is 0 Å². The molecule has 0 aromatic heterocycles. The predicted octanol–water partition coefficient (Wildman–Crippen LogP) is 3.05. The number of nitrogens with zero attached hydrogens (tertiary/aromatic N) is 1. The Morgan fingerprint density at radius 2 is 2.19 bits per heavy atom. The molecule has 1 aromatic rings. The Morgan fingerprint density at radius 3 is 2.75 bits per heavy atom. The predicted molar refractivity (Wildman–Crippen MR) is 73.7 cm³/mol. The van der Waals surface area contributed by atoms with Crippen molar-refractivity contribution in [2.75, 3.05) is 27.2 Å². The molecule has 1 N–H and O–H groups in total. The first-order valence-corrected chi connectivity index (χ1v) is 6.58. The summed E-state index contributed by atoms with van der Waals surface area (Å²) < 4.78 is 1.15. The minimum absolute atomic E-state index is 0.437. The van der Waals surface area contributed by atoms with Crippen LogP contribution in [0.2, 0.25) is 0 Å². The van der Waals surface area contributed by atoms with Crippen LogP contribution in [0.1, 0.15) is 24.9 Å². The Kier molecular flexibility index (Phi) is 6.03. The Morgan fingerprint density at radius 1 is 1.44 bits per heavy atom. The average Bonchev–Trinajstić information content (AvgIpc) is 2.29.